The third kappa shape index (κ3) is 4.90. The molecule has 0 aliphatic carbocycles. The van der Waals surface area contributed by atoms with Gasteiger partial charge in [-0.15, -0.1) is 0 Å². The molecule has 0 atom stereocenters. The van der Waals surface area contributed by atoms with Crippen LogP contribution in [-0.2, 0) is 0 Å². The van der Waals surface area contributed by atoms with Gasteiger partial charge in [0.15, 0.2) is 0 Å². The lowest BCUT2D eigenvalue weighted by atomic mass is 9.94. The molecule has 0 aromatic heterocycles. The number of benzene rings is 9. The number of hydrogen-bond acceptors (Lipinski definition) is 1. The first-order valence-corrected chi connectivity index (χ1v) is 16.2. The van der Waals surface area contributed by atoms with Crippen molar-refractivity contribution >= 4 is 60.2 Å². The Labute approximate surface area is 274 Å². The number of fused-ring (bicyclic) bond motifs is 6. The van der Waals surface area contributed by atoms with Crippen LogP contribution in [0.15, 0.2) is 188 Å². The third-order valence-corrected chi connectivity index (χ3v) is 9.39. The molecule has 0 aliphatic heterocycles. The highest BCUT2D eigenvalue weighted by molar-refractivity contribution is 6.20. The van der Waals surface area contributed by atoms with Crippen LogP contribution in [0.2, 0.25) is 0 Å². The molecule has 0 spiro atoms. The molecule has 0 fully saturated rings. The maximum Gasteiger partial charge on any atom is 0.0468 e. The molecular formula is C46H31N. The number of hydrogen-bond donors (Lipinski definition) is 0. The lowest BCUT2D eigenvalue weighted by Gasteiger charge is -2.26. The Hall–Kier alpha value is -6.18. The fourth-order valence-corrected chi connectivity index (χ4v) is 7.03. The van der Waals surface area contributed by atoms with Crippen molar-refractivity contribution in [2.45, 2.75) is 0 Å². The number of rotatable bonds is 5. The van der Waals surface area contributed by atoms with E-state index in [0.29, 0.717) is 0 Å². The maximum absolute atomic E-state index is 2.36. The van der Waals surface area contributed by atoms with Gasteiger partial charge in [0, 0.05) is 17.1 Å². The summed E-state index contributed by atoms with van der Waals surface area (Å²) in [7, 11) is 0. The Morgan fingerprint density at radius 3 is 1.62 bits per heavy atom. The van der Waals surface area contributed by atoms with Crippen molar-refractivity contribution in [3.05, 3.63) is 188 Å². The summed E-state index contributed by atoms with van der Waals surface area (Å²) in [5.74, 6) is 0. The van der Waals surface area contributed by atoms with E-state index in [0.717, 1.165) is 17.1 Å². The summed E-state index contributed by atoms with van der Waals surface area (Å²) in [5.41, 5.74) is 8.19. The van der Waals surface area contributed by atoms with E-state index in [9.17, 15) is 0 Å². The topological polar surface area (TPSA) is 3.24 Å². The highest BCUT2D eigenvalue weighted by Gasteiger charge is 2.15. The molecule has 9 aromatic rings. The zero-order chi connectivity index (χ0) is 31.2. The Morgan fingerprint density at radius 2 is 0.787 bits per heavy atom. The van der Waals surface area contributed by atoms with E-state index in [2.05, 4.69) is 193 Å². The van der Waals surface area contributed by atoms with E-state index >= 15 is 0 Å². The fourth-order valence-electron chi connectivity index (χ4n) is 7.03. The van der Waals surface area contributed by atoms with Crippen LogP contribution in [0.4, 0.5) is 17.1 Å². The molecule has 9 aromatic carbocycles. The first-order valence-electron chi connectivity index (χ1n) is 16.2. The standard InChI is InChI=1S/C46H31N/c1-2-9-32(10-3-1)39-14-8-15-42(29-39)47(43-28-25-33-11-4-5-13-38(33)30-43)41-26-23-34(24-27-41)40-22-19-36-18-21-37-20-17-35-12-6-7-16-44(35)46(37)45(36)31-40/h1-31H. The van der Waals surface area contributed by atoms with Gasteiger partial charge in [0.05, 0.1) is 0 Å². The van der Waals surface area contributed by atoms with E-state index in [4.69, 9.17) is 0 Å². The van der Waals surface area contributed by atoms with E-state index in [1.807, 2.05) is 0 Å². The van der Waals surface area contributed by atoms with Crippen LogP contribution in [0.1, 0.15) is 0 Å². The minimum absolute atomic E-state index is 1.12. The summed E-state index contributed by atoms with van der Waals surface area (Å²) in [6, 6.07) is 68.3. The van der Waals surface area contributed by atoms with Gasteiger partial charge in [0.2, 0.25) is 0 Å². The van der Waals surface area contributed by atoms with Crippen molar-refractivity contribution in [3.8, 4) is 22.3 Å². The zero-order valence-electron chi connectivity index (χ0n) is 25.8. The zero-order valence-corrected chi connectivity index (χ0v) is 25.8. The van der Waals surface area contributed by atoms with Gasteiger partial charge >= 0.3 is 0 Å². The van der Waals surface area contributed by atoms with Crippen LogP contribution in [0, 0.1) is 0 Å². The van der Waals surface area contributed by atoms with E-state index in [-0.39, 0.29) is 0 Å². The molecule has 0 heterocycles. The predicted molar refractivity (Wildman–Crippen MR) is 202 cm³/mol. The van der Waals surface area contributed by atoms with Crippen LogP contribution in [0.25, 0.3) is 65.3 Å². The summed E-state index contributed by atoms with van der Waals surface area (Å²) in [6.45, 7) is 0. The highest BCUT2D eigenvalue weighted by atomic mass is 15.1. The molecule has 1 heteroatoms. The summed E-state index contributed by atoms with van der Waals surface area (Å²) in [5, 5.41) is 10.2. The van der Waals surface area contributed by atoms with E-state index < -0.39 is 0 Å². The van der Waals surface area contributed by atoms with E-state index in [1.165, 1.54) is 65.3 Å². The number of anilines is 3. The lowest BCUT2D eigenvalue weighted by molar-refractivity contribution is 1.29. The molecule has 47 heavy (non-hydrogen) atoms. The smallest absolute Gasteiger partial charge is 0.0468 e. The summed E-state index contributed by atoms with van der Waals surface area (Å²) in [6.07, 6.45) is 0. The molecule has 0 saturated carbocycles. The summed E-state index contributed by atoms with van der Waals surface area (Å²) < 4.78 is 0. The SMILES string of the molecule is c1ccc(-c2cccc(N(c3ccc(-c4ccc5ccc6ccc7ccccc7c6c5c4)cc3)c3ccc4ccccc4c3)c2)cc1. The van der Waals surface area contributed by atoms with Crippen molar-refractivity contribution in [1.29, 1.82) is 0 Å². The molecular weight excluding hydrogens is 567 g/mol. The Bertz CT molecular complexity index is 2560. The Morgan fingerprint density at radius 1 is 0.255 bits per heavy atom. The average Bonchev–Trinajstić information content (AvgIpc) is 3.15. The normalized spacial score (nSPS) is 11.4. The largest absolute Gasteiger partial charge is 0.310 e. The van der Waals surface area contributed by atoms with E-state index in [1.54, 1.807) is 0 Å². The van der Waals surface area contributed by atoms with Crippen LogP contribution in [0.3, 0.4) is 0 Å². The Kier molecular flexibility index (Phi) is 6.54. The fraction of sp³-hybridized carbons (Fsp3) is 0. The van der Waals surface area contributed by atoms with Crippen molar-refractivity contribution in [2.75, 3.05) is 4.90 Å². The molecule has 220 valence electrons. The Balaban J connectivity index is 1.16. The molecule has 1 nitrogen and oxygen atoms in total. The second-order valence-corrected chi connectivity index (χ2v) is 12.2. The molecule has 0 saturated heterocycles. The monoisotopic (exact) mass is 597 g/mol. The molecule has 9 rings (SSSR count). The van der Waals surface area contributed by atoms with Gasteiger partial charge in [-0.3, -0.25) is 0 Å². The van der Waals surface area contributed by atoms with Crippen molar-refractivity contribution in [1.82, 2.24) is 0 Å². The van der Waals surface area contributed by atoms with Gasteiger partial charge in [-0.05, 0) is 108 Å². The van der Waals surface area contributed by atoms with Gasteiger partial charge in [0.1, 0.15) is 0 Å². The van der Waals surface area contributed by atoms with Crippen LogP contribution >= 0.6 is 0 Å². The first kappa shape index (κ1) is 27.2. The first-order chi connectivity index (χ1) is 23.3. The summed E-state index contributed by atoms with van der Waals surface area (Å²) in [4.78, 5) is 2.36. The minimum Gasteiger partial charge on any atom is -0.310 e. The second-order valence-electron chi connectivity index (χ2n) is 12.2. The molecule has 0 unspecified atom stereocenters. The van der Waals surface area contributed by atoms with Gasteiger partial charge < -0.3 is 4.90 Å². The quantitative estimate of drug-likeness (QED) is 0.178. The van der Waals surface area contributed by atoms with Crippen molar-refractivity contribution in [3.63, 3.8) is 0 Å². The molecule has 0 N–H and O–H groups in total. The highest BCUT2D eigenvalue weighted by Crippen LogP contribution is 2.39. The van der Waals surface area contributed by atoms with Gasteiger partial charge in [-0.25, -0.2) is 0 Å². The maximum atomic E-state index is 2.36. The summed E-state index contributed by atoms with van der Waals surface area (Å²) >= 11 is 0. The predicted octanol–water partition coefficient (Wildman–Crippen LogP) is 13.1. The van der Waals surface area contributed by atoms with Crippen molar-refractivity contribution < 1.29 is 0 Å². The lowest BCUT2D eigenvalue weighted by Crippen LogP contribution is -2.10. The molecule has 0 bridgehead atoms. The van der Waals surface area contributed by atoms with Gasteiger partial charge in [0.25, 0.3) is 0 Å². The van der Waals surface area contributed by atoms with Crippen LogP contribution in [0.5, 0.6) is 0 Å². The van der Waals surface area contributed by atoms with Gasteiger partial charge in [-0.2, -0.15) is 0 Å². The second kappa shape index (κ2) is 11.3. The third-order valence-electron chi connectivity index (χ3n) is 9.39. The van der Waals surface area contributed by atoms with Crippen LogP contribution in [-0.4, -0.2) is 0 Å². The number of nitrogens with zero attached hydrogens (tertiary/aromatic N) is 1. The van der Waals surface area contributed by atoms with Crippen LogP contribution < -0.4 is 4.90 Å². The average molecular weight is 598 g/mol. The van der Waals surface area contributed by atoms with Gasteiger partial charge in [-0.1, -0.05) is 146 Å². The molecule has 0 amide bonds. The minimum atomic E-state index is 1.12. The van der Waals surface area contributed by atoms with Crippen molar-refractivity contribution in [2.24, 2.45) is 0 Å². The molecule has 0 radical (unpaired) electrons. The molecule has 0 aliphatic rings.